The summed E-state index contributed by atoms with van der Waals surface area (Å²) in [5, 5.41) is 5.99. The molecule has 0 heterocycles. The second-order valence-electron chi connectivity index (χ2n) is 6.09. The molecule has 0 saturated heterocycles. The lowest BCUT2D eigenvalue weighted by atomic mass is 10.1. The van der Waals surface area contributed by atoms with Gasteiger partial charge in [0.05, 0.1) is 6.54 Å². The molecule has 2 rings (SSSR count). The molecule has 0 saturated carbocycles. The predicted octanol–water partition coefficient (Wildman–Crippen LogP) is 2.17. The van der Waals surface area contributed by atoms with Gasteiger partial charge < -0.3 is 20.3 Å². The summed E-state index contributed by atoms with van der Waals surface area (Å²) in [6.45, 7) is 2.03. The Labute approximate surface area is 161 Å². The molecule has 2 aromatic carbocycles. The Kier molecular flexibility index (Phi) is 8.16. The maximum Gasteiger partial charge on any atom is 0.251 e. The number of nitrogens with zero attached hydrogens (tertiary/aromatic N) is 2. The molecule has 0 aromatic heterocycles. The normalized spacial score (nSPS) is 11.0. The molecule has 0 fully saturated rings. The third kappa shape index (κ3) is 6.66. The van der Waals surface area contributed by atoms with E-state index in [0.29, 0.717) is 12.2 Å². The summed E-state index contributed by atoms with van der Waals surface area (Å²) in [6.07, 6.45) is 0.804. The van der Waals surface area contributed by atoms with Gasteiger partial charge in [-0.05, 0) is 36.2 Å². The number of nitrogens with one attached hydrogen (secondary N) is 2. The standard InChI is InChI=1S/C21H28N4O2/c1-22-20(26)18-9-7-8-17(16-18)12-13-24-21(23-2)25(3)14-15-27-19-10-5-4-6-11-19/h4-11,16H,12-15H2,1-3H3,(H,22,26)(H,23,24). The lowest BCUT2D eigenvalue weighted by Gasteiger charge is -2.22. The summed E-state index contributed by atoms with van der Waals surface area (Å²) >= 11 is 0. The van der Waals surface area contributed by atoms with E-state index in [9.17, 15) is 4.79 Å². The van der Waals surface area contributed by atoms with Gasteiger partial charge in [-0.15, -0.1) is 0 Å². The Balaban J connectivity index is 1.77. The summed E-state index contributed by atoms with van der Waals surface area (Å²) in [4.78, 5) is 18.1. The molecule has 144 valence electrons. The minimum atomic E-state index is -0.0706. The molecule has 0 aliphatic rings. The summed E-state index contributed by atoms with van der Waals surface area (Å²) < 4.78 is 5.73. The van der Waals surface area contributed by atoms with Crippen molar-refractivity contribution in [1.29, 1.82) is 0 Å². The first-order valence-corrected chi connectivity index (χ1v) is 9.04. The monoisotopic (exact) mass is 368 g/mol. The smallest absolute Gasteiger partial charge is 0.251 e. The van der Waals surface area contributed by atoms with Crippen molar-refractivity contribution < 1.29 is 9.53 Å². The fourth-order valence-electron chi connectivity index (χ4n) is 2.64. The van der Waals surface area contributed by atoms with Gasteiger partial charge in [0.1, 0.15) is 12.4 Å². The summed E-state index contributed by atoms with van der Waals surface area (Å²) in [7, 11) is 5.39. The number of rotatable bonds is 8. The number of amides is 1. The molecule has 2 N–H and O–H groups in total. The highest BCUT2D eigenvalue weighted by molar-refractivity contribution is 5.94. The van der Waals surface area contributed by atoms with Crippen LogP contribution in [0.4, 0.5) is 0 Å². The van der Waals surface area contributed by atoms with Gasteiger partial charge in [0.15, 0.2) is 5.96 Å². The number of hydrogen-bond acceptors (Lipinski definition) is 3. The number of carbonyl (C=O) groups excluding carboxylic acids is 1. The number of benzene rings is 2. The Morgan fingerprint density at radius 1 is 1.15 bits per heavy atom. The third-order valence-corrected chi connectivity index (χ3v) is 4.13. The fourth-order valence-corrected chi connectivity index (χ4v) is 2.64. The number of likely N-dealkylation sites (N-methyl/N-ethyl adjacent to an activating group) is 1. The third-order valence-electron chi connectivity index (χ3n) is 4.13. The minimum absolute atomic E-state index is 0.0706. The number of hydrogen-bond donors (Lipinski definition) is 2. The zero-order valence-corrected chi connectivity index (χ0v) is 16.2. The maximum absolute atomic E-state index is 11.7. The van der Waals surface area contributed by atoms with E-state index in [2.05, 4.69) is 15.6 Å². The molecule has 1 amide bonds. The van der Waals surface area contributed by atoms with Gasteiger partial charge in [0.25, 0.3) is 5.91 Å². The zero-order chi connectivity index (χ0) is 19.5. The molecule has 0 aliphatic heterocycles. The average molecular weight is 368 g/mol. The highest BCUT2D eigenvalue weighted by Gasteiger charge is 2.07. The summed E-state index contributed by atoms with van der Waals surface area (Å²) in [6, 6.07) is 17.4. The number of guanidine groups is 1. The topological polar surface area (TPSA) is 66.0 Å². The summed E-state index contributed by atoms with van der Waals surface area (Å²) in [5.41, 5.74) is 1.78. The first-order valence-electron chi connectivity index (χ1n) is 9.04. The van der Waals surface area contributed by atoms with Crippen molar-refractivity contribution >= 4 is 11.9 Å². The molecular weight excluding hydrogens is 340 g/mol. The van der Waals surface area contributed by atoms with E-state index in [0.717, 1.165) is 36.8 Å². The molecule has 27 heavy (non-hydrogen) atoms. The van der Waals surface area contributed by atoms with Crippen LogP contribution in [-0.4, -0.2) is 57.6 Å². The molecule has 0 atom stereocenters. The van der Waals surface area contributed by atoms with Crippen LogP contribution in [0.1, 0.15) is 15.9 Å². The van der Waals surface area contributed by atoms with Gasteiger partial charge in [0, 0.05) is 33.3 Å². The van der Waals surface area contributed by atoms with Crippen molar-refractivity contribution in [2.75, 3.05) is 40.8 Å². The summed E-state index contributed by atoms with van der Waals surface area (Å²) in [5.74, 6) is 1.61. The van der Waals surface area contributed by atoms with Crippen LogP contribution in [0.5, 0.6) is 5.75 Å². The molecule has 2 aromatic rings. The molecule has 0 unspecified atom stereocenters. The van der Waals surface area contributed by atoms with Gasteiger partial charge in [-0.25, -0.2) is 0 Å². The first-order chi connectivity index (χ1) is 13.1. The molecule has 0 aliphatic carbocycles. The van der Waals surface area contributed by atoms with Crippen LogP contribution < -0.4 is 15.4 Å². The number of carbonyl (C=O) groups is 1. The Morgan fingerprint density at radius 2 is 1.93 bits per heavy atom. The van der Waals surface area contributed by atoms with Crippen LogP contribution in [0, 0.1) is 0 Å². The average Bonchev–Trinajstić information content (AvgIpc) is 2.71. The molecule has 6 heteroatoms. The highest BCUT2D eigenvalue weighted by Crippen LogP contribution is 2.08. The first kappa shape index (κ1) is 20.3. The quantitative estimate of drug-likeness (QED) is 0.554. The van der Waals surface area contributed by atoms with E-state index < -0.39 is 0 Å². The van der Waals surface area contributed by atoms with Gasteiger partial charge in [0.2, 0.25) is 0 Å². The molecule has 6 nitrogen and oxygen atoms in total. The van der Waals surface area contributed by atoms with Crippen molar-refractivity contribution in [1.82, 2.24) is 15.5 Å². The van der Waals surface area contributed by atoms with Gasteiger partial charge in [-0.2, -0.15) is 0 Å². The van der Waals surface area contributed by atoms with Gasteiger partial charge in [-0.1, -0.05) is 30.3 Å². The van der Waals surface area contributed by atoms with Crippen LogP contribution in [-0.2, 0) is 6.42 Å². The van der Waals surface area contributed by atoms with E-state index in [1.807, 2.05) is 66.5 Å². The predicted molar refractivity (Wildman–Crippen MR) is 109 cm³/mol. The number of para-hydroxylation sites is 1. The SMILES string of the molecule is CN=C(NCCc1cccc(C(=O)NC)c1)N(C)CCOc1ccccc1. The van der Waals surface area contributed by atoms with Crippen molar-refractivity contribution in [3.63, 3.8) is 0 Å². The second-order valence-corrected chi connectivity index (χ2v) is 6.09. The van der Waals surface area contributed by atoms with Crippen LogP contribution in [0.3, 0.4) is 0 Å². The Hall–Kier alpha value is -3.02. The van der Waals surface area contributed by atoms with Crippen LogP contribution in [0.2, 0.25) is 0 Å². The lowest BCUT2D eigenvalue weighted by Crippen LogP contribution is -2.41. The van der Waals surface area contributed by atoms with E-state index in [4.69, 9.17) is 4.74 Å². The second kappa shape index (κ2) is 10.9. The highest BCUT2D eigenvalue weighted by atomic mass is 16.5. The van der Waals surface area contributed by atoms with Crippen LogP contribution in [0.25, 0.3) is 0 Å². The van der Waals surface area contributed by atoms with E-state index in [-0.39, 0.29) is 5.91 Å². The zero-order valence-electron chi connectivity index (χ0n) is 16.2. The number of ether oxygens (including phenoxy) is 1. The van der Waals surface area contributed by atoms with E-state index >= 15 is 0 Å². The maximum atomic E-state index is 11.7. The van der Waals surface area contributed by atoms with Crippen molar-refractivity contribution in [3.05, 3.63) is 65.7 Å². The largest absolute Gasteiger partial charge is 0.492 e. The molecule has 0 radical (unpaired) electrons. The van der Waals surface area contributed by atoms with Crippen LogP contribution in [0.15, 0.2) is 59.6 Å². The van der Waals surface area contributed by atoms with Crippen molar-refractivity contribution in [2.24, 2.45) is 4.99 Å². The van der Waals surface area contributed by atoms with E-state index in [1.54, 1.807) is 14.1 Å². The molecular formula is C21H28N4O2. The lowest BCUT2D eigenvalue weighted by molar-refractivity contribution is 0.0963. The fraction of sp³-hybridized carbons (Fsp3) is 0.333. The van der Waals surface area contributed by atoms with Gasteiger partial charge in [-0.3, -0.25) is 9.79 Å². The van der Waals surface area contributed by atoms with Crippen molar-refractivity contribution in [2.45, 2.75) is 6.42 Å². The number of aliphatic imine (C=N–C) groups is 1. The minimum Gasteiger partial charge on any atom is -0.492 e. The Morgan fingerprint density at radius 3 is 2.63 bits per heavy atom. The molecule has 0 spiro atoms. The molecule has 0 bridgehead atoms. The van der Waals surface area contributed by atoms with Gasteiger partial charge >= 0.3 is 0 Å². The van der Waals surface area contributed by atoms with E-state index in [1.165, 1.54) is 0 Å². The Bertz CT molecular complexity index is 747. The van der Waals surface area contributed by atoms with Crippen LogP contribution >= 0.6 is 0 Å². The van der Waals surface area contributed by atoms with Crippen molar-refractivity contribution in [3.8, 4) is 5.75 Å².